The third-order valence-corrected chi connectivity index (χ3v) is 3.79. The second kappa shape index (κ2) is 4.26. The highest BCUT2D eigenvalue weighted by Crippen LogP contribution is 2.31. The van der Waals surface area contributed by atoms with Crippen molar-refractivity contribution in [2.75, 3.05) is 0 Å². The zero-order valence-corrected chi connectivity index (χ0v) is 9.94. The van der Waals surface area contributed by atoms with Gasteiger partial charge in [0.05, 0.1) is 0 Å². The van der Waals surface area contributed by atoms with E-state index in [1.165, 1.54) is 16.7 Å². The third kappa shape index (κ3) is 1.90. The highest BCUT2D eigenvalue weighted by atomic mass is 79.9. The van der Waals surface area contributed by atoms with Crippen molar-refractivity contribution in [2.24, 2.45) is 5.73 Å². The molecule has 0 unspecified atom stereocenters. The fourth-order valence-corrected chi connectivity index (χ4v) is 2.89. The molecule has 0 radical (unpaired) electrons. The molecule has 1 heterocycles. The second-order valence-electron chi connectivity index (χ2n) is 3.04. The Morgan fingerprint density at radius 1 is 1.29 bits per heavy atom. The zero-order chi connectivity index (χ0) is 9.97. The molecule has 0 aliphatic carbocycles. The minimum absolute atomic E-state index is 0.593. The number of nitrogens with two attached hydrogens (primary N) is 1. The summed E-state index contributed by atoms with van der Waals surface area (Å²) in [5.74, 6) is 0. The van der Waals surface area contributed by atoms with Crippen LogP contribution in [0.2, 0.25) is 0 Å². The number of thiophene rings is 1. The van der Waals surface area contributed by atoms with Crippen LogP contribution in [0.1, 0.15) is 5.56 Å². The van der Waals surface area contributed by atoms with Gasteiger partial charge < -0.3 is 5.73 Å². The van der Waals surface area contributed by atoms with E-state index in [0.717, 1.165) is 4.47 Å². The van der Waals surface area contributed by atoms with Gasteiger partial charge in [-0.05, 0) is 38.5 Å². The largest absolute Gasteiger partial charge is 0.326 e. The van der Waals surface area contributed by atoms with Crippen molar-refractivity contribution >= 4 is 27.3 Å². The van der Waals surface area contributed by atoms with E-state index < -0.39 is 0 Å². The highest BCUT2D eigenvalue weighted by molar-refractivity contribution is 9.10. The fraction of sp³-hybridized carbons (Fsp3) is 0.0909. The van der Waals surface area contributed by atoms with Crippen LogP contribution in [0.15, 0.2) is 39.5 Å². The molecule has 0 atom stereocenters. The van der Waals surface area contributed by atoms with Crippen molar-refractivity contribution in [1.82, 2.24) is 0 Å². The van der Waals surface area contributed by atoms with Gasteiger partial charge in [-0.2, -0.15) is 11.3 Å². The summed E-state index contributed by atoms with van der Waals surface area (Å²) in [6.45, 7) is 0.593. The Hall–Kier alpha value is -0.640. The van der Waals surface area contributed by atoms with Crippen LogP contribution < -0.4 is 5.73 Å². The fourth-order valence-electron chi connectivity index (χ4n) is 1.35. The Morgan fingerprint density at radius 3 is 2.79 bits per heavy atom. The van der Waals surface area contributed by atoms with Gasteiger partial charge in [0.2, 0.25) is 0 Å². The van der Waals surface area contributed by atoms with E-state index in [-0.39, 0.29) is 0 Å². The topological polar surface area (TPSA) is 26.0 Å². The normalized spacial score (nSPS) is 10.4. The van der Waals surface area contributed by atoms with E-state index in [2.05, 4.69) is 38.8 Å². The van der Waals surface area contributed by atoms with Crippen LogP contribution in [0.3, 0.4) is 0 Å². The maximum Gasteiger partial charge on any atom is 0.0360 e. The number of rotatable bonds is 2. The number of benzene rings is 1. The minimum Gasteiger partial charge on any atom is -0.326 e. The smallest absolute Gasteiger partial charge is 0.0360 e. The second-order valence-corrected chi connectivity index (χ2v) is 4.64. The first-order valence-electron chi connectivity index (χ1n) is 4.32. The van der Waals surface area contributed by atoms with E-state index >= 15 is 0 Å². The number of hydrogen-bond acceptors (Lipinski definition) is 2. The maximum atomic E-state index is 5.60. The van der Waals surface area contributed by atoms with Gasteiger partial charge in [-0.1, -0.05) is 18.2 Å². The van der Waals surface area contributed by atoms with Crippen molar-refractivity contribution < 1.29 is 0 Å². The van der Waals surface area contributed by atoms with Crippen molar-refractivity contribution in [1.29, 1.82) is 0 Å². The molecule has 0 aliphatic heterocycles. The molecule has 0 saturated carbocycles. The Bertz CT molecular complexity index is 436. The summed E-state index contributed by atoms with van der Waals surface area (Å²) in [6, 6.07) is 8.32. The quantitative estimate of drug-likeness (QED) is 0.884. The number of halogens is 1. The molecule has 1 aromatic heterocycles. The Kier molecular flexibility index (Phi) is 3.01. The van der Waals surface area contributed by atoms with Gasteiger partial charge in [-0.15, -0.1) is 0 Å². The monoisotopic (exact) mass is 267 g/mol. The van der Waals surface area contributed by atoms with Gasteiger partial charge in [0, 0.05) is 22.0 Å². The van der Waals surface area contributed by atoms with Crippen molar-refractivity contribution in [3.8, 4) is 11.1 Å². The summed E-state index contributed by atoms with van der Waals surface area (Å²) in [7, 11) is 0. The van der Waals surface area contributed by atoms with Crippen LogP contribution in [-0.4, -0.2) is 0 Å². The molecule has 1 aromatic carbocycles. The summed E-state index contributed by atoms with van der Waals surface area (Å²) in [5.41, 5.74) is 9.23. The van der Waals surface area contributed by atoms with Crippen molar-refractivity contribution in [3.05, 3.63) is 45.1 Å². The van der Waals surface area contributed by atoms with Crippen molar-refractivity contribution in [2.45, 2.75) is 6.54 Å². The number of hydrogen-bond donors (Lipinski definition) is 1. The molecule has 2 aromatic rings. The SMILES string of the molecule is NCc1cccc(-c2cscc2Br)c1. The lowest BCUT2D eigenvalue weighted by molar-refractivity contribution is 1.07. The lowest BCUT2D eigenvalue weighted by Gasteiger charge is -2.02. The third-order valence-electron chi connectivity index (χ3n) is 2.09. The molecular weight excluding hydrogens is 258 g/mol. The molecule has 0 saturated heterocycles. The molecule has 0 amide bonds. The van der Waals surface area contributed by atoms with Crippen LogP contribution in [0.4, 0.5) is 0 Å². The molecule has 0 fully saturated rings. The Morgan fingerprint density at radius 2 is 2.14 bits per heavy atom. The van der Waals surface area contributed by atoms with Crippen molar-refractivity contribution in [3.63, 3.8) is 0 Å². The average molecular weight is 268 g/mol. The summed E-state index contributed by atoms with van der Waals surface area (Å²) in [5, 5.41) is 4.23. The molecule has 72 valence electrons. The molecule has 1 nitrogen and oxygen atoms in total. The van der Waals surface area contributed by atoms with Crippen LogP contribution in [-0.2, 0) is 6.54 Å². The average Bonchev–Trinajstić information content (AvgIpc) is 2.65. The molecule has 14 heavy (non-hydrogen) atoms. The van der Waals surface area contributed by atoms with Gasteiger partial charge >= 0.3 is 0 Å². The van der Waals surface area contributed by atoms with Gasteiger partial charge in [0.1, 0.15) is 0 Å². The maximum absolute atomic E-state index is 5.60. The molecule has 0 aliphatic rings. The molecule has 0 bridgehead atoms. The standard InChI is InChI=1S/C11H10BrNS/c12-11-7-14-6-10(11)9-3-1-2-8(4-9)5-13/h1-4,6-7H,5,13H2. The Labute approximate surface area is 95.7 Å². The van der Waals surface area contributed by atoms with E-state index in [9.17, 15) is 0 Å². The van der Waals surface area contributed by atoms with Crippen LogP contribution in [0.25, 0.3) is 11.1 Å². The van der Waals surface area contributed by atoms with E-state index in [1.54, 1.807) is 11.3 Å². The first-order valence-corrected chi connectivity index (χ1v) is 6.06. The summed E-state index contributed by atoms with van der Waals surface area (Å²) >= 11 is 5.22. The summed E-state index contributed by atoms with van der Waals surface area (Å²) in [6.07, 6.45) is 0. The first-order chi connectivity index (χ1) is 6.81. The van der Waals surface area contributed by atoms with Gasteiger partial charge in [0.25, 0.3) is 0 Å². The van der Waals surface area contributed by atoms with Gasteiger partial charge in [-0.3, -0.25) is 0 Å². The predicted octanol–water partition coefficient (Wildman–Crippen LogP) is 3.64. The lowest BCUT2D eigenvalue weighted by atomic mass is 10.1. The molecular formula is C11H10BrNS. The molecule has 0 spiro atoms. The minimum atomic E-state index is 0.593. The predicted molar refractivity (Wildman–Crippen MR) is 65.3 cm³/mol. The molecule has 3 heteroatoms. The van der Waals surface area contributed by atoms with E-state index in [4.69, 9.17) is 5.73 Å². The van der Waals surface area contributed by atoms with Crippen LogP contribution >= 0.6 is 27.3 Å². The van der Waals surface area contributed by atoms with E-state index in [1.807, 2.05) is 12.1 Å². The first kappa shape index (κ1) is 9.90. The molecule has 2 rings (SSSR count). The van der Waals surface area contributed by atoms with E-state index in [0.29, 0.717) is 6.54 Å². The van der Waals surface area contributed by atoms with Gasteiger partial charge in [-0.25, -0.2) is 0 Å². The Balaban J connectivity index is 2.47. The van der Waals surface area contributed by atoms with Crippen LogP contribution in [0, 0.1) is 0 Å². The zero-order valence-electron chi connectivity index (χ0n) is 7.53. The van der Waals surface area contributed by atoms with Crippen LogP contribution in [0.5, 0.6) is 0 Å². The highest BCUT2D eigenvalue weighted by Gasteiger charge is 2.03. The lowest BCUT2D eigenvalue weighted by Crippen LogP contribution is -1.95. The van der Waals surface area contributed by atoms with Gasteiger partial charge in [0.15, 0.2) is 0 Å². The molecule has 2 N–H and O–H groups in total. The summed E-state index contributed by atoms with van der Waals surface area (Å²) in [4.78, 5) is 0. The summed E-state index contributed by atoms with van der Waals surface area (Å²) < 4.78 is 1.15.